The number of nitrogens with one attached hydrogen (secondary N) is 3. The van der Waals surface area contributed by atoms with Crippen LogP contribution in [0.5, 0.6) is 0 Å². The zero-order valence-electron chi connectivity index (χ0n) is 22.4. The van der Waals surface area contributed by atoms with Crippen molar-refractivity contribution in [2.45, 2.75) is 62.7 Å². The van der Waals surface area contributed by atoms with Crippen LogP contribution in [0.4, 0.5) is 0 Å². The van der Waals surface area contributed by atoms with Crippen LogP contribution in [0, 0.1) is 0 Å². The normalized spacial score (nSPS) is 16.9. The third kappa shape index (κ3) is 8.41. The van der Waals surface area contributed by atoms with Gasteiger partial charge in [0.1, 0.15) is 18.1 Å². The molecule has 0 radical (unpaired) electrons. The molecule has 11 N–H and O–H groups in total. The van der Waals surface area contributed by atoms with E-state index in [1.54, 1.807) is 6.20 Å². The minimum atomic E-state index is -1.55. The first-order chi connectivity index (χ1) is 19.5. The molecule has 0 bridgehead atoms. The van der Waals surface area contributed by atoms with E-state index in [9.17, 15) is 34.2 Å². The van der Waals surface area contributed by atoms with Crippen molar-refractivity contribution >= 4 is 46.5 Å². The van der Waals surface area contributed by atoms with Crippen LogP contribution >= 0.6 is 0 Å². The molecule has 41 heavy (non-hydrogen) atoms. The molecule has 2 aromatic rings. The van der Waals surface area contributed by atoms with Crippen LogP contribution in [0.15, 0.2) is 35.5 Å². The number of carboxylic acid groups (broad SMARTS) is 2. The number of aromatic amines is 1. The fourth-order valence-corrected chi connectivity index (χ4v) is 4.79. The molecule has 1 fully saturated rings. The molecule has 1 aromatic carbocycles. The van der Waals surface area contributed by atoms with E-state index in [1.165, 1.54) is 0 Å². The maximum atomic E-state index is 13.5. The van der Waals surface area contributed by atoms with Gasteiger partial charge in [0.25, 0.3) is 0 Å². The largest absolute Gasteiger partial charge is 0.481 e. The molecule has 1 aliphatic heterocycles. The zero-order chi connectivity index (χ0) is 30.1. The van der Waals surface area contributed by atoms with Gasteiger partial charge in [0.05, 0.1) is 12.5 Å². The quantitative estimate of drug-likeness (QED) is 0.0746. The first-order valence-corrected chi connectivity index (χ1v) is 13.2. The number of carboxylic acids is 2. The van der Waals surface area contributed by atoms with Crippen LogP contribution < -0.4 is 27.8 Å². The molecule has 222 valence electrons. The van der Waals surface area contributed by atoms with Crippen molar-refractivity contribution in [1.82, 2.24) is 20.5 Å². The van der Waals surface area contributed by atoms with Gasteiger partial charge in [-0.15, -0.1) is 0 Å². The average Bonchev–Trinajstić information content (AvgIpc) is 3.57. The lowest BCUT2D eigenvalue weighted by atomic mass is 10.0. The Labute approximate surface area is 235 Å². The molecule has 0 saturated carbocycles. The van der Waals surface area contributed by atoms with Crippen molar-refractivity contribution in [3.8, 4) is 0 Å². The van der Waals surface area contributed by atoms with Gasteiger partial charge in [0.2, 0.25) is 17.7 Å². The number of amides is 3. The highest BCUT2D eigenvalue weighted by atomic mass is 16.4. The summed E-state index contributed by atoms with van der Waals surface area (Å²) in [5, 5.41) is 24.8. The number of fused-ring (bicyclic) bond motifs is 1. The Bertz CT molecular complexity index is 1310. The van der Waals surface area contributed by atoms with Crippen LogP contribution in [-0.4, -0.2) is 93.0 Å². The average molecular weight is 573 g/mol. The maximum Gasteiger partial charge on any atom is 0.326 e. The number of aromatic nitrogens is 1. The van der Waals surface area contributed by atoms with Crippen molar-refractivity contribution in [2.75, 3.05) is 13.1 Å². The summed E-state index contributed by atoms with van der Waals surface area (Å²) >= 11 is 0. The number of aliphatic carboxylic acids is 2. The molecule has 3 rings (SSSR count). The molecule has 1 aliphatic rings. The number of carbonyl (C=O) groups excluding carboxylic acids is 3. The third-order valence-corrected chi connectivity index (χ3v) is 6.85. The summed E-state index contributed by atoms with van der Waals surface area (Å²) in [5.74, 6) is -4.95. The van der Waals surface area contributed by atoms with Crippen LogP contribution in [-0.2, 0) is 30.4 Å². The lowest BCUT2D eigenvalue weighted by Gasteiger charge is -2.28. The van der Waals surface area contributed by atoms with E-state index in [0.29, 0.717) is 18.4 Å². The number of guanidine groups is 1. The van der Waals surface area contributed by atoms with Crippen molar-refractivity contribution < 1.29 is 34.2 Å². The van der Waals surface area contributed by atoms with E-state index in [0.717, 1.165) is 15.8 Å². The molecule has 1 saturated heterocycles. The number of likely N-dealkylation sites (tertiary alicyclic amines) is 1. The number of hydrogen-bond donors (Lipinski definition) is 8. The predicted octanol–water partition coefficient (Wildman–Crippen LogP) is -1.39. The Morgan fingerprint density at radius 2 is 1.78 bits per heavy atom. The smallest absolute Gasteiger partial charge is 0.326 e. The second kappa shape index (κ2) is 14.1. The Kier molecular flexibility index (Phi) is 10.6. The fraction of sp³-hybridized carbons (Fsp3) is 0.462. The minimum Gasteiger partial charge on any atom is -0.481 e. The number of H-pyrrole nitrogens is 1. The Morgan fingerprint density at radius 3 is 2.46 bits per heavy atom. The molecule has 15 heteroatoms. The highest BCUT2D eigenvalue weighted by molar-refractivity contribution is 5.96. The van der Waals surface area contributed by atoms with Gasteiger partial charge in [-0.25, -0.2) is 4.79 Å². The van der Waals surface area contributed by atoms with Crippen molar-refractivity contribution in [3.05, 3.63) is 36.0 Å². The number of para-hydroxylation sites is 1. The highest BCUT2D eigenvalue weighted by Gasteiger charge is 2.39. The van der Waals surface area contributed by atoms with Gasteiger partial charge in [0.15, 0.2) is 5.96 Å². The molecular weight excluding hydrogens is 536 g/mol. The van der Waals surface area contributed by atoms with E-state index in [1.807, 2.05) is 24.3 Å². The Balaban J connectivity index is 1.81. The minimum absolute atomic E-state index is 0.00223. The molecule has 3 amide bonds. The van der Waals surface area contributed by atoms with Gasteiger partial charge in [-0.1, -0.05) is 18.2 Å². The second-order valence-corrected chi connectivity index (χ2v) is 9.87. The molecule has 0 spiro atoms. The standard InChI is InChI=1S/C26H36N8O7/c27-16(6-3-9-30-26(28)29)22(37)32-18(11-14-13-31-17-7-2-1-5-15(14)17)23(38)33-19(12-21(35)36)24(39)34-10-4-8-20(34)25(40)41/h1-2,5,7,13,16,18-20,31H,3-4,6,8-12,27H2,(H,32,37)(H,33,38)(H,35,36)(H,40,41)(H4,28,29,30). The lowest BCUT2D eigenvalue weighted by Crippen LogP contribution is -2.58. The van der Waals surface area contributed by atoms with Crippen LogP contribution in [0.2, 0.25) is 0 Å². The number of benzene rings is 1. The summed E-state index contributed by atoms with van der Waals surface area (Å²) in [6, 6.07) is 2.43. The fourth-order valence-electron chi connectivity index (χ4n) is 4.79. The highest BCUT2D eigenvalue weighted by Crippen LogP contribution is 2.21. The lowest BCUT2D eigenvalue weighted by molar-refractivity contribution is -0.150. The molecule has 1 aromatic heterocycles. The molecule has 15 nitrogen and oxygen atoms in total. The van der Waals surface area contributed by atoms with E-state index >= 15 is 0 Å². The van der Waals surface area contributed by atoms with Crippen molar-refractivity contribution in [3.63, 3.8) is 0 Å². The number of hydrogen-bond acceptors (Lipinski definition) is 7. The van der Waals surface area contributed by atoms with Crippen LogP contribution in [0.3, 0.4) is 0 Å². The van der Waals surface area contributed by atoms with Gasteiger partial charge < -0.3 is 47.9 Å². The summed E-state index contributed by atoms with van der Waals surface area (Å²) in [6.45, 7) is 0.376. The SMILES string of the molecule is NC(N)=NCCCC(N)C(=O)NC(Cc1c[nH]c2ccccc12)C(=O)NC(CC(=O)O)C(=O)N1CCCC1C(=O)O. The molecule has 2 heterocycles. The van der Waals surface area contributed by atoms with Crippen molar-refractivity contribution in [2.24, 2.45) is 22.2 Å². The molecule has 4 atom stereocenters. The van der Waals surface area contributed by atoms with Gasteiger partial charge in [-0.3, -0.25) is 24.2 Å². The molecular formula is C26H36N8O7. The maximum absolute atomic E-state index is 13.5. The molecule has 0 aliphatic carbocycles. The van der Waals surface area contributed by atoms with E-state index in [4.69, 9.17) is 17.2 Å². The van der Waals surface area contributed by atoms with Gasteiger partial charge in [-0.05, 0) is 37.3 Å². The molecule has 4 unspecified atom stereocenters. The summed E-state index contributed by atoms with van der Waals surface area (Å²) in [4.78, 5) is 70.9. The zero-order valence-corrected chi connectivity index (χ0v) is 22.4. The predicted molar refractivity (Wildman–Crippen MR) is 148 cm³/mol. The van der Waals surface area contributed by atoms with Crippen LogP contribution in [0.1, 0.15) is 37.7 Å². The Morgan fingerprint density at radius 1 is 1.07 bits per heavy atom. The monoisotopic (exact) mass is 572 g/mol. The van der Waals surface area contributed by atoms with Gasteiger partial charge in [0, 0.05) is 36.6 Å². The summed E-state index contributed by atoms with van der Waals surface area (Å²) in [6.07, 6.45) is 2.18. The summed E-state index contributed by atoms with van der Waals surface area (Å²) in [5.41, 5.74) is 18.1. The second-order valence-electron chi connectivity index (χ2n) is 9.87. The van der Waals surface area contributed by atoms with Crippen LogP contribution in [0.25, 0.3) is 10.9 Å². The Hall–Kier alpha value is -4.66. The number of rotatable bonds is 14. The number of carbonyl (C=O) groups is 5. The summed E-state index contributed by atoms with van der Waals surface area (Å²) in [7, 11) is 0. The van der Waals surface area contributed by atoms with Crippen molar-refractivity contribution in [1.29, 1.82) is 0 Å². The van der Waals surface area contributed by atoms with E-state index in [-0.39, 0.29) is 38.3 Å². The summed E-state index contributed by atoms with van der Waals surface area (Å²) < 4.78 is 0. The number of aliphatic imine (C=N–C) groups is 1. The number of nitrogens with two attached hydrogens (primary N) is 3. The van der Waals surface area contributed by atoms with Gasteiger partial charge in [-0.2, -0.15) is 0 Å². The first kappa shape index (κ1) is 30.9. The van der Waals surface area contributed by atoms with Gasteiger partial charge >= 0.3 is 11.9 Å². The van der Waals surface area contributed by atoms with E-state index < -0.39 is 60.2 Å². The number of nitrogens with zero attached hydrogens (tertiary/aromatic N) is 2. The topological polar surface area (TPSA) is 259 Å². The first-order valence-electron chi connectivity index (χ1n) is 13.2. The van der Waals surface area contributed by atoms with E-state index in [2.05, 4.69) is 20.6 Å². The third-order valence-electron chi connectivity index (χ3n) is 6.85.